The third kappa shape index (κ3) is 2.20. The van der Waals surface area contributed by atoms with Crippen molar-refractivity contribution in [3.05, 3.63) is 35.1 Å². The first-order valence-corrected chi connectivity index (χ1v) is 6.25. The molecule has 1 fully saturated rings. The van der Waals surface area contributed by atoms with Crippen molar-refractivity contribution in [1.29, 1.82) is 5.26 Å². The summed E-state index contributed by atoms with van der Waals surface area (Å²) in [4.78, 5) is 0. The van der Waals surface area contributed by atoms with Gasteiger partial charge in [0.1, 0.15) is 5.82 Å². The van der Waals surface area contributed by atoms with Crippen LogP contribution < -0.4 is 0 Å². The van der Waals surface area contributed by atoms with Gasteiger partial charge in [0.2, 0.25) is 0 Å². The quantitative estimate of drug-likeness (QED) is 0.713. The fraction of sp³-hybridized carbons (Fsp3) is 0.533. The molecule has 0 atom stereocenters. The Morgan fingerprint density at radius 3 is 2.53 bits per heavy atom. The standard InChI is InChI=1S/C15H18FN/c1-11-5-7-15(10-17,8-6-11)13-4-3-12(2)14(16)9-13/h3-4,9,11H,5-8H2,1-2H3/t11-,15-. The normalized spacial score (nSPS) is 28.7. The SMILES string of the molecule is Cc1ccc([C@]2(C#N)CC[C@@H](C)CC2)cc1F. The second kappa shape index (κ2) is 4.49. The second-order valence-corrected chi connectivity index (χ2v) is 5.34. The number of hydrogen-bond acceptors (Lipinski definition) is 1. The van der Waals surface area contributed by atoms with E-state index in [0.29, 0.717) is 11.5 Å². The summed E-state index contributed by atoms with van der Waals surface area (Å²) >= 11 is 0. The Bertz CT molecular complexity index is 450. The van der Waals surface area contributed by atoms with Crippen molar-refractivity contribution >= 4 is 0 Å². The largest absolute Gasteiger partial charge is 0.207 e. The molecule has 0 saturated heterocycles. The van der Waals surface area contributed by atoms with Crippen LogP contribution in [0.25, 0.3) is 0 Å². The van der Waals surface area contributed by atoms with E-state index < -0.39 is 5.41 Å². The molecule has 17 heavy (non-hydrogen) atoms. The number of hydrogen-bond donors (Lipinski definition) is 0. The number of nitrogens with zero attached hydrogens (tertiary/aromatic N) is 1. The highest BCUT2D eigenvalue weighted by atomic mass is 19.1. The lowest BCUT2D eigenvalue weighted by Crippen LogP contribution is -2.29. The van der Waals surface area contributed by atoms with Gasteiger partial charge in [0.15, 0.2) is 0 Å². The van der Waals surface area contributed by atoms with E-state index in [9.17, 15) is 9.65 Å². The summed E-state index contributed by atoms with van der Waals surface area (Å²) in [5, 5.41) is 9.47. The maximum absolute atomic E-state index is 13.6. The first-order valence-electron chi connectivity index (χ1n) is 6.25. The number of nitriles is 1. The third-order valence-corrected chi connectivity index (χ3v) is 4.07. The monoisotopic (exact) mass is 231 g/mol. The second-order valence-electron chi connectivity index (χ2n) is 5.34. The van der Waals surface area contributed by atoms with Gasteiger partial charge in [-0.1, -0.05) is 19.1 Å². The molecule has 90 valence electrons. The fourth-order valence-electron chi connectivity index (χ4n) is 2.61. The molecule has 0 N–H and O–H groups in total. The molecule has 1 saturated carbocycles. The Morgan fingerprint density at radius 2 is 2.00 bits per heavy atom. The van der Waals surface area contributed by atoms with Crippen LogP contribution in [0.4, 0.5) is 4.39 Å². The molecule has 1 aliphatic rings. The van der Waals surface area contributed by atoms with Crippen LogP contribution in [0.2, 0.25) is 0 Å². The van der Waals surface area contributed by atoms with Gasteiger partial charge in [-0.05, 0) is 55.7 Å². The lowest BCUT2D eigenvalue weighted by Gasteiger charge is -2.34. The highest BCUT2D eigenvalue weighted by Gasteiger charge is 2.36. The highest BCUT2D eigenvalue weighted by Crippen LogP contribution is 2.41. The molecular formula is C15H18FN. The van der Waals surface area contributed by atoms with Crippen LogP contribution in [-0.4, -0.2) is 0 Å². The van der Waals surface area contributed by atoms with E-state index in [2.05, 4.69) is 13.0 Å². The molecule has 0 heterocycles. The highest BCUT2D eigenvalue weighted by molar-refractivity contribution is 5.35. The average Bonchev–Trinajstić information content (AvgIpc) is 2.34. The Balaban J connectivity index is 2.35. The molecule has 2 heteroatoms. The number of rotatable bonds is 1. The van der Waals surface area contributed by atoms with Crippen LogP contribution in [0.1, 0.15) is 43.7 Å². The molecule has 0 aromatic heterocycles. The molecule has 0 spiro atoms. The van der Waals surface area contributed by atoms with E-state index in [4.69, 9.17) is 0 Å². The summed E-state index contributed by atoms with van der Waals surface area (Å²) in [5.74, 6) is 0.488. The molecule has 1 aromatic rings. The Morgan fingerprint density at radius 1 is 1.35 bits per heavy atom. The van der Waals surface area contributed by atoms with Crippen LogP contribution in [0.3, 0.4) is 0 Å². The van der Waals surface area contributed by atoms with E-state index in [-0.39, 0.29) is 5.82 Å². The zero-order valence-corrected chi connectivity index (χ0v) is 10.5. The fourth-order valence-corrected chi connectivity index (χ4v) is 2.61. The van der Waals surface area contributed by atoms with Gasteiger partial charge in [0.05, 0.1) is 11.5 Å². The predicted molar refractivity (Wildman–Crippen MR) is 66.1 cm³/mol. The summed E-state index contributed by atoms with van der Waals surface area (Å²) in [5.41, 5.74) is 1.04. The average molecular weight is 231 g/mol. The zero-order chi connectivity index (χ0) is 12.5. The molecule has 1 aromatic carbocycles. The Labute approximate surface area is 102 Å². The molecule has 0 unspecified atom stereocenters. The molecule has 0 aliphatic heterocycles. The van der Waals surface area contributed by atoms with Gasteiger partial charge in [-0.2, -0.15) is 5.26 Å². The first kappa shape index (κ1) is 12.1. The molecule has 2 rings (SSSR count). The Hall–Kier alpha value is -1.36. The summed E-state index contributed by atoms with van der Waals surface area (Å²) in [6.07, 6.45) is 3.83. The van der Waals surface area contributed by atoms with Crippen LogP contribution in [0.15, 0.2) is 18.2 Å². The molecule has 0 bridgehead atoms. The van der Waals surface area contributed by atoms with Crippen molar-refractivity contribution in [2.75, 3.05) is 0 Å². The van der Waals surface area contributed by atoms with Crippen molar-refractivity contribution in [1.82, 2.24) is 0 Å². The third-order valence-electron chi connectivity index (χ3n) is 4.07. The maximum atomic E-state index is 13.6. The molecule has 0 radical (unpaired) electrons. The van der Waals surface area contributed by atoms with Crippen molar-refractivity contribution in [2.24, 2.45) is 5.92 Å². The molecule has 1 nitrogen and oxygen atoms in total. The van der Waals surface area contributed by atoms with Crippen molar-refractivity contribution in [3.8, 4) is 6.07 Å². The van der Waals surface area contributed by atoms with Gasteiger partial charge in [0, 0.05) is 0 Å². The summed E-state index contributed by atoms with van der Waals surface area (Å²) in [6.45, 7) is 3.97. The number of halogens is 1. The molecule has 1 aliphatic carbocycles. The van der Waals surface area contributed by atoms with Gasteiger partial charge in [0.25, 0.3) is 0 Å². The first-order chi connectivity index (χ1) is 8.07. The molecule has 0 amide bonds. The van der Waals surface area contributed by atoms with E-state index >= 15 is 0 Å². The number of benzene rings is 1. The maximum Gasteiger partial charge on any atom is 0.126 e. The predicted octanol–water partition coefficient (Wildman–Crippen LogP) is 4.11. The molecular weight excluding hydrogens is 213 g/mol. The van der Waals surface area contributed by atoms with Gasteiger partial charge in [-0.25, -0.2) is 4.39 Å². The summed E-state index contributed by atoms with van der Waals surface area (Å²) in [6, 6.07) is 7.68. The van der Waals surface area contributed by atoms with Crippen LogP contribution >= 0.6 is 0 Å². The van der Waals surface area contributed by atoms with Gasteiger partial charge >= 0.3 is 0 Å². The number of aryl methyl sites for hydroxylation is 1. The van der Waals surface area contributed by atoms with Gasteiger partial charge in [-0.15, -0.1) is 0 Å². The summed E-state index contributed by atoms with van der Waals surface area (Å²) < 4.78 is 13.6. The van der Waals surface area contributed by atoms with Crippen molar-refractivity contribution < 1.29 is 4.39 Å². The smallest absolute Gasteiger partial charge is 0.126 e. The van der Waals surface area contributed by atoms with Crippen molar-refractivity contribution in [3.63, 3.8) is 0 Å². The van der Waals surface area contributed by atoms with E-state index in [1.54, 1.807) is 19.1 Å². The van der Waals surface area contributed by atoms with Crippen LogP contribution in [0, 0.1) is 30.0 Å². The van der Waals surface area contributed by atoms with Crippen LogP contribution in [0.5, 0.6) is 0 Å². The van der Waals surface area contributed by atoms with E-state index in [0.717, 1.165) is 31.2 Å². The topological polar surface area (TPSA) is 23.8 Å². The van der Waals surface area contributed by atoms with Crippen molar-refractivity contribution in [2.45, 2.75) is 44.9 Å². The minimum atomic E-state index is -0.457. The summed E-state index contributed by atoms with van der Waals surface area (Å²) in [7, 11) is 0. The van der Waals surface area contributed by atoms with Gasteiger partial charge in [-0.3, -0.25) is 0 Å². The van der Waals surface area contributed by atoms with Gasteiger partial charge < -0.3 is 0 Å². The lowest BCUT2D eigenvalue weighted by atomic mass is 9.68. The van der Waals surface area contributed by atoms with E-state index in [1.165, 1.54) is 0 Å². The van der Waals surface area contributed by atoms with E-state index in [1.807, 2.05) is 6.07 Å². The minimum Gasteiger partial charge on any atom is -0.207 e. The van der Waals surface area contributed by atoms with Crippen LogP contribution in [-0.2, 0) is 5.41 Å². The minimum absolute atomic E-state index is 0.198. The lowest BCUT2D eigenvalue weighted by molar-refractivity contribution is 0.294. The Kier molecular flexibility index (Phi) is 3.19. The zero-order valence-electron chi connectivity index (χ0n) is 10.5.